The molecule has 0 aromatic rings. The number of ether oxygens (including phenoxy) is 1. The highest BCUT2D eigenvalue weighted by Crippen LogP contribution is 2.31. The Hall–Kier alpha value is -0.610. The third-order valence-corrected chi connectivity index (χ3v) is 3.55. The lowest BCUT2D eigenvalue weighted by molar-refractivity contribution is -0.134. The Balaban J connectivity index is 2.32. The highest BCUT2D eigenvalue weighted by molar-refractivity contribution is 5.80. The van der Waals surface area contributed by atoms with Gasteiger partial charge in [0, 0.05) is 5.54 Å². The van der Waals surface area contributed by atoms with Crippen molar-refractivity contribution >= 4 is 5.91 Å². The topological polar surface area (TPSA) is 64.3 Å². The molecule has 0 heterocycles. The molecule has 0 spiro atoms. The van der Waals surface area contributed by atoms with E-state index < -0.39 is 0 Å². The van der Waals surface area contributed by atoms with Crippen molar-refractivity contribution in [2.45, 2.75) is 58.6 Å². The summed E-state index contributed by atoms with van der Waals surface area (Å²) in [6.07, 6.45) is 3.23. The smallest absolute Gasteiger partial charge is 0.249 e. The Kier molecular flexibility index (Phi) is 5.60. The van der Waals surface area contributed by atoms with Crippen molar-refractivity contribution in [2.24, 2.45) is 17.6 Å². The predicted molar refractivity (Wildman–Crippen MR) is 73.2 cm³/mol. The molecule has 0 bridgehead atoms. The highest BCUT2D eigenvalue weighted by atomic mass is 16.5. The zero-order valence-electron chi connectivity index (χ0n) is 12.2. The Morgan fingerprint density at radius 3 is 2.56 bits per heavy atom. The molecule has 1 rings (SSSR count). The summed E-state index contributed by atoms with van der Waals surface area (Å²) in [6, 6.07) is 0. The van der Waals surface area contributed by atoms with Gasteiger partial charge in [0.25, 0.3) is 0 Å². The average molecular weight is 256 g/mol. The van der Waals surface area contributed by atoms with Crippen LogP contribution in [0.15, 0.2) is 0 Å². The van der Waals surface area contributed by atoms with Crippen LogP contribution in [0.3, 0.4) is 0 Å². The molecule has 0 aromatic carbocycles. The molecule has 0 saturated heterocycles. The lowest BCUT2D eigenvalue weighted by Gasteiger charge is -2.25. The van der Waals surface area contributed by atoms with Crippen molar-refractivity contribution in [3.8, 4) is 0 Å². The van der Waals surface area contributed by atoms with Crippen molar-refractivity contribution < 1.29 is 9.53 Å². The zero-order valence-corrected chi connectivity index (χ0v) is 12.2. The molecule has 0 radical (unpaired) electrons. The maximum Gasteiger partial charge on any atom is 0.249 e. The van der Waals surface area contributed by atoms with Gasteiger partial charge in [0.2, 0.25) is 5.91 Å². The Morgan fingerprint density at radius 1 is 1.39 bits per heavy atom. The van der Waals surface area contributed by atoms with Crippen molar-refractivity contribution in [1.82, 2.24) is 5.32 Å². The van der Waals surface area contributed by atoms with Gasteiger partial charge >= 0.3 is 0 Å². The molecule has 0 aliphatic heterocycles. The summed E-state index contributed by atoms with van der Waals surface area (Å²) in [6.45, 7) is 9.11. The van der Waals surface area contributed by atoms with E-state index in [1.807, 2.05) is 27.7 Å². The second-order valence-corrected chi connectivity index (χ2v) is 6.40. The first-order valence-corrected chi connectivity index (χ1v) is 6.97. The lowest BCUT2D eigenvalue weighted by atomic mass is 9.97. The van der Waals surface area contributed by atoms with Crippen LogP contribution in [0.1, 0.15) is 47.0 Å². The molecular weight excluding hydrogens is 228 g/mol. The molecule has 3 unspecified atom stereocenters. The van der Waals surface area contributed by atoms with Crippen molar-refractivity contribution in [2.75, 3.05) is 13.2 Å². The molecule has 1 amide bonds. The van der Waals surface area contributed by atoms with E-state index in [4.69, 9.17) is 10.5 Å². The van der Waals surface area contributed by atoms with Crippen LogP contribution in [0.25, 0.3) is 0 Å². The van der Waals surface area contributed by atoms with Crippen LogP contribution in [0, 0.1) is 11.8 Å². The van der Waals surface area contributed by atoms with Gasteiger partial charge in [-0.05, 0) is 58.9 Å². The molecule has 4 nitrogen and oxygen atoms in total. The predicted octanol–water partition coefficient (Wildman–Crippen LogP) is 1.68. The Labute approximate surface area is 111 Å². The number of hydrogen-bond acceptors (Lipinski definition) is 3. The summed E-state index contributed by atoms with van der Waals surface area (Å²) in [5, 5.41) is 2.93. The Morgan fingerprint density at radius 2 is 2.00 bits per heavy atom. The van der Waals surface area contributed by atoms with Gasteiger partial charge in [0.05, 0.1) is 6.61 Å². The molecule has 1 aliphatic carbocycles. The number of nitrogens with one attached hydrogen (secondary N) is 1. The number of rotatable bonds is 5. The minimum Gasteiger partial charge on any atom is -0.368 e. The maximum absolute atomic E-state index is 11.9. The van der Waals surface area contributed by atoms with Crippen molar-refractivity contribution in [3.63, 3.8) is 0 Å². The van der Waals surface area contributed by atoms with Gasteiger partial charge in [-0.25, -0.2) is 0 Å². The number of amides is 1. The first-order valence-electron chi connectivity index (χ1n) is 6.97. The largest absolute Gasteiger partial charge is 0.368 e. The van der Waals surface area contributed by atoms with E-state index in [0.717, 1.165) is 6.54 Å². The van der Waals surface area contributed by atoms with Crippen molar-refractivity contribution in [1.29, 1.82) is 0 Å². The SMILES string of the molecule is CC(OCC1CCCC1CN)C(=O)NC(C)(C)C. The average Bonchev–Trinajstić information content (AvgIpc) is 2.70. The summed E-state index contributed by atoms with van der Waals surface area (Å²) in [4.78, 5) is 11.9. The van der Waals surface area contributed by atoms with E-state index in [1.165, 1.54) is 19.3 Å². The van der Waals surface area contributed by atoms with Gasteiger partial charge in [-0.15, -0.1) is 0 Å². The van der Waals surface area contributed by atoms with E-state index in [9.17, 15) is 4.79 Å². The number of nitrogens with two attached hydrogens (primary N) is 1. The van der Waals surface area contributed by atoms with Crippen LogP contribution in [0.5, 0.6) is 0 Å². The van der Waals surface area contributed by atoms with E-state index in [0.29, 0.717) is 18.4 Å². The zero-order chi connectivity index (χ0) is 13.8. The van der Waals surface area contributed by atoms with E-state index >= 15 is 0 Å². The molecule has 3 atom stereocenters. The molecule has 1 fully saturated rings. The quantitative estimate of drug-likeness (QED) is 0.786. The first kappa shape index (κ1) is 15.4. The first-order chi connectivity index (χ1) is 8.33. The standard InChI is InChI=1S/C14H28N2O2/c1-10(13(17)16-14(2,3)4)18-9-12-7-5-6-11(12)8-15/h10-12H,5-9,15H2,1-4H3,(H,16,17). The van der Waals surface area contributed by atoms with E-state index in [-0.39, 0.29) is 17.6 Å². The molecule has 1 saturated carbocycles. The molecule has 18 heavy (non-hydrogen) atoms. The van der Waals surface area contributed by atoms with Crippen molar-refractivity contribution in [3.05, 3.63) is 0 Å². The summed E-state index contributed by atoms with van der Waals surface area (Å²) in [7, 11) is 0. The monoisotopic (exact) mass is 256 g/mol. The molecular formula is C14H28N2O2. The van der Waals surface area contributed by atoms with E-state index in [2.05, 4.69) is 5.32 Å². The fourth-order valence-corrected chi connectivity index (χ4v) is 2.46. The lowest BCUT2D eigenvalue weighted by Crippen LogP contribution is -2.46. The molecule has 106 valence electrons. The van der Waals surface area contributed by atoms with Crippen LogP contribution >= 0.6 is 0 Å². The fourth-order valence-electron chi connectivity index (χ4n) is 2.46. The fraction of sp³-hybridized carbons (Fsp3) is 0.929. The van der Waals surface area contributed by atoms with Crippen LogP contribution in [0.2, 0.25) is 0 Å². The van der Waals surface area contributed by atoms with Crippen LogP contribution < -0.4 is 11.1 Å². The van der Waals surface area contributed by atoms with Crippen LogP contribution in [-0.4, -0.2) is 30.7 Å². The Bertz CT molecular complexity index is 273. The molecule has 0 aromatic heterocycles. The number of carbonyl (C=O) groups is 1. The minimum atomic E-state index is -0.386. The molecule has 1 aliphatic rings. The minimum absolute atomic E-state index is 0.0372. The van der Waals surface area contributed by atoms with Gasteiger partial charge in [-0.3, -0.25) is 4.79 Å². The number of carbonyl (C=O) groups excluding carboxylic acids is 1. The second-order valence-electron chi connectivity index (χ2n) is 6.40. The van der Waals surface area contributed by atoms with Gasteiger partial charge in [-0.2, -0.15) is 0 Å². The number of hydrogen-bond donors (Lipinski definition) is 2. The molecule has 3 N–H and O–H groups in total. The summed E-state index contributed by atoms with van der Waals surface area (Å²) < 4.78 is 5.70. The van der Waals surface area contributed by atoms with Crippen LogP contribution in [0.4, 0.5) is 0 Å². The normalized spacial score (nSPS) is 26.1. The maximum atomic E-state index is 11.9. The second kappa shape index (κ2) is 6.53. The summed E-state index contributed by atoms with van der Waals surface area (Å²) in [5.74, 6) is 1.06. The van der Waals surface area contributed by atoms with Gasteiger partial charge in [0.1, 0.15) is 6.10 Å². The highest BCUT2D eigenvalue weighted by Gasteiger charge is 2.28. The summed E-state index contributed by atoms with van der Waals surface area (Å²) >= 11 is 0. The van der Waals surface area contributed by atoms with Gasteiger partial charge in [-0.1, -0.05) is 6.42 Å². The third-order valence-electron chi connectivity index (χ3n) is 3.55. The van der Waals surface area contributed by atoms with Gasteiger partial charge < -0.3 is 15.8 Å². The van der Waals surface area contributed by atoms with Gasteiger partial charge in [0.15, 0.2) is 0 Å². The third kappa shape index (κ3) is 4.94. The van der Waals surface area contributed by atoms with Crippen LogP contribution in [-0.2, 0) is 9.53 Å². The van der Waals surface area contributed by atoms with E-state index in [1.54, 1.807) is 0 Å². The summed E-state index contributed by atoms with van der Waals surface area (Å²) in [5.41, 5.74) is 5.53. The molecule has 4 heteroatoms.